The molecular weight excluding hydrogens is 146 g/mol. The fraction of sp³-hybridized carbons (Fsp3) is 0.273. The van der Waals surface area contributed by atoms with Crippen LogP contribution in [-0.2, 0) is 5.54 Å². The largest absolute Gasteiger partial charge is 0.233 e. The molecule has 0 unspecified atom stereocenters. The molecule has 0 saturated carbocycles. The topological polar surface area (TPSA) is 12.4 Å². The summed E-state index contributed by atoms with van der Waals surface area (Å²) in [5.41, 5.74) is 0.976. The second-order valence-electron chi connectivity index (χ2n) is 3.19. The molecule has 1 rings (SSSR count). The van der Waals surface area contributed by atoms with Gasteiger partial charge in [-0.05, 0) is 31.9 Å². The van der Waals surface area contributed by atoms with Gasteiger partial charge in [-0.15, -0.1) is 0 Å². The summed E-state index contributed by atoms with van der Waals surface area (Å²) in [5.74, 6) is 2.58. The molecule has 12 heavy (non-hydrogen) atoms. The highest BCUT2D eigenvalue weighted by Crippen LogP contribution is 2.23. The standard InChI is InChI=1S/C11H13N/c1-4-12-11(2,3)10-8-6-5-7-9-10/h5-9H,1H2,2-3H3. The molecule has 0 atom stereocenters. The van der Waals surface area contributed by atoms with Gasteiger partial charge in [0.05, 0.1) is 5.54 Å². The van der Waals surface area contributed by atoms with Gasteiger partial charge >= 0.3 is 0 Å². The van der Waals surface area contributed by atoms with Crippen LogP contribution in [0.15, 0.2) is 41.9 Å². The SMILES string of the molecule is C=C=NC(C)(C)c1ccccc1. The lowest BCUT2D eigenvalue weighted by molar-refractivity contribution is 0.562. The Labute approximate surface area is 73.5 Å². The summed E-state index contributed by atoms with van der Waals surface area (Å²) in [6.07, 6.45) is 0. The van der Waals surface area contributed by atoms with E-state index in [0.717, 1.165) is 0 Å². The van der Waals surface area contributed by atoms with Gasteiger partial charge in [-0.2, -0.15) is 0 Å². The van der Waals surface area contributed by atoms with Crippen LogP contribution in [0.5, 0.6) is 0 Å². The van der Waals surface area contributed by atoms with E-state index in [1.54, 1.807) is 0 Å². The van der Waals surface area contributed by atoms with E-state index in [9.17, 15) is 0 Å². The average molecular weight is 159 g/mol. The molecular formula is C11H13N. The minimum atomic E-state index is -0.205. The number of hydrogen-bond donors (Lipinski definition) is 0. The van der Waals surface area contributed by atoms with Crippen molar-refractivity contribution in [1.29, 1.82) is 0 Å². The molecule has 1 aromatic rings. The third-order valence-electron chi connectivity index (χ3n) is 1.84. The number of benzene rings is 1. The molecule has 0 heterocycles. The Bertz CT molecular complexity index is 292. The summed E-state index contributed by atoms with van der Waals surface area (Å²) < 4.78 is 0. The van der Waals surface area contributed by atoms with Gasteiger partial charge in [0.2, 0.25) is 0 Å². The zero-order valence-electron chi connectivity index (χ0n) is 7.54. The van der Waals surface area contributed by atoms with Crippen molar-refractivity contribution in [2.75, 3.05) is 0 Å². The van der Waals surface area contributed by atoms with Crippen molar-refractivity contribution in [3.8, 4) is 0 Å². The highest BCUT2D eigenvalue weighted by atomic mass is 14.8. The Balaban J connectivity index is 3.05. The van der Waals surface area contributed by atoms with Gasteiger partial charge in [0.1, 0.15) is 0 Å². The van der Waals surface area contributed by atoms with Crippen molar-refractivity contribution in [2.24, 2.45) is 4.99 Å². The monoisotopic (exact) mass is 159 g/mol. The van der Waals surface area contributed by atoms with Crippen molar-refractivity contribution in [3.63, 3.8) is 0 Å². The lowest BCUT2D eigenvalue weighted by atomic mass is 9.95. The highest BCUT2D eigenvalue weighted by Gasteiger charge is 2.17. The Hall–Kier alpha value is -1.33. The molecule has 0 saturated heterocycles. The minimum absolute atomic E-state index is 0.205. The van der Waals surface area contributed by atoms with E-state index in [1.165, 1.54) is 5.56 Å². The predicted molar refractivity (Wildman–Crippen MR) is 52.5 cm³/mol. The lowest BCUT2D eigenvalue weighted by Crippen LogP contribution is -2.12. The summed E-state index contributed by atoms with van der Waals surface area (Å²) in [7, 11) is 0. The van der Waals surface area contributed by atoms with E-state index in [1.807, 2.05) is 32.0 Å². The second kappa shape index (κ2) is 3.38. The van der Waals surface area contributed by atoms with Crippen LogP contribution < -0.4 is 0 Å². The molecule has 0 fully saturated rings. The van der Waals surface area contributed by atoms with E-state index in [0.29, 0.717) is 0 Å². The molecule has 0 aromatic heterocycles. The third kappa shape index (κ3) is 1.84. The first-order valence-electron chi connectivity index (χ1n) is 3.96. The second-order valence-corrected chi connectivity index (χ2v) is 3.19. The van der Waals surface area contributed by atoms with E-state index in [-0.39, 0.29) is 5.54 Å². The van der Waals surface area contributed by atoms with Crippen LogP contribution >= 0.6 is 0 Å². The first-order chi connectivity index (χ1) is 5.67. The number of hydrogen-bond acceptors (Lipinski definition) is 1. The Kier molecular flexibility index (Phi) is 2.47. The van der Waals surface area contributed by atoms with Crippen molar-refractivity contribution in [3.05, 3.63) is 42.5 Å². The fourth-order valence-electron chi connectivity index (χ4n) is 1.11. The average Bonchev–Trinajstić information content (AvgIpc) is 2.06. The van der Waals surface area contributed by atoms with Crippen LogP contribution in [-0.4, -0.2) is 5.87 Å². The smallest absolute Gasteiger partial charge is 0.0894 e. The molecule has 1 heteroatoms. The normalized spacial score (nSPS) is 10.5. The number of nitrogens with zero attached hydrogens (tertiary/aromatic N) is 1. The maximum Gasteiger partial charge on any atom is 0.0894 e. The van der Waals surface area contributed by atoms with E-state index >= 15 is 0 Å². The Morgan fingerprint density at radius 1 is 1.25 bits per heavy atom. The van der Waals surface area contributed by atoms with Crippen LogP contribution in [0.3, 0.4) is 0 Å². The van der Waals surface area contributed by atoms with E-state index in [4.69, 9.17) is 0 Å². The summed E-state index contributed by atoms with van der Waals surface area (Å²) >= 11 is 0. The molecule has 62 valence electrons. The summed E-state index contributed by atoms with van der Waals surface area (Å²) in [5, 5.41) is 0. The third-order valence-corrected chi connectivity index (χ3v) is 1.84. The molecule has 0 aliphatic heterocycles. The summed E-state index contributed by atoms with van der Waals surface area (Å²) in [4.78, 5) is 4.17. The number of rotatable bonds is 2. The van der Waals surface area contributed by atoms with Crippen LogP contribution in [0, 0.1) is 0 Å². The van der Waals surface area contributed by atoms with E-state index in [2.05, 4.69) is 29.6 Å². The van der Waals surface area contributed by atoms with Crippen LogP contribution in [0.2, 0.25) is 0 Å². The molecule has 1 nitrogen and oxygen atoms in total. The molecule has 1 aromatic carbocycles. The van der Waals surface area contributed by atoms with Crippen molar-refractivity contribution >= 4 is 5.87 Å². The Morgan fingerprint density at radius 3 is 2.33 bits per heavy atom. The van der Waals surface area contributed by atoms with Gasteiger partial charge in [0, 0.05) is 0 Å². The van der Waals surface area contributed by atoms with Crippen molar-refractivity contribution < 1.29 is 0 Å². The summed E-state index contributed by atoms with van der Waals surface area (Å²) in [6.45, 7) is 7.56. The molecule has 0 aliphatic carbocycles. The Morgan fingerprint density at radius 2 is 1.83 bits per heavy atom. The maximum absolute atomic E-state index is 4.17. The van der Waals surface area contributed by atoms with Gasteiger partial charge in [-0.25, -0.2) is 4.99 Å². The summed E-state index contributed by atoms with van der Waals surface area (Å²) in [6, 6.07) is 10.1. The number of aliphatic imine (C=N–C) groups is 1. The quantitative estimate of drug-likeness (QED) is 0.588. The van der Waals surface area contributed by atoms with Crippen molar-refractivity contribution in [1.82, 2.24) is 0 Å². The van der Waals surface area contributed by atoms with Gasteiger partial charge in [-0.3, -0.25) is 0 Å². The van der Waals surface area contributed by atoms with Crippen LogP contribution in [0.1, 0.15) is 19.4 Å². The van der Waals surface area contributed by atoms with Gasteiger partial charge < -0.3 is 0 Å². The van der Waals surface area contributed by atoms with Crippen molar-refractivity contribution in [2.45, 2.75) is 19.4 Å². The maximum atomic E-state index is 4.17. The van der Waals surface area contributed by atoms with Gasteiger partial charge in [0.15, 0.2) is 0 Å². The zero-order valence-corrected chi connectivity index (χ0v) is 7.54. The predicted octanol–water partition coefficient (Wildman–Crippen LogP) is 2.78. The van der Waals surface area contributed by atoms with Gasteiger partial charge in [0.25, 0.3) is 0 Å². The lowest BCUT2D eigenvalue weighted by Gasteiger charge is -2.17. The first-order valence-corrected chi connectivity index (χ1v) is 3.96. The molecule has 0 aliphatic rings. The molecule has 0 amide bonds. The van der Waals surface area contributed by atoms with Crippen LogP contribution in [0.4, 0.5) is 0 Å². The molecule has 0 N–H and O–H groups in total. The first kappa shape index (κ1) is 8.76. The molecule has 0 spiro atoms. The zero-order chi connectivity index (χ0) is 9.03. The minimum Gasteiger partial charge on any atom is -0.233 e. The molecule has 0 radical (unpaired) electrons. The fourth-order valence-corrected chi connectivity index (χ4v) is 1.11. The van der Waals surface area contributed by atoms with Gasteiger partial charge in [-0.1, -0.05) is 30.3 Å². The van der Waals surface area contributed by atoms with Crippen LogP contribution in [0.25, 0.3) is 0 Å². The van der Waals surface area contributed by atoms with E-state index < -0.39 is 0 Å². The highest BCUT2D eigenvalue weighted by molar-refractivity contribution is 5.48. The molecule has 0 bridgehead atoms.